The van der Waals surface area contributed by atoms with E-state index in [1.807, 2.05) is 42.5 Å². The van der Waals surface area contributed by atoms with Crippen molar-refractivity contribution < 1.29 is 24.5 Å². The molecule has 25 heavy (non-hydrogen) atoms. The fourth-order valence-corrected chi connectivity index (χ4v) is 2.49. The first-order valence-corrected chi connectivity index (χ1v) is 8.04. The molecule has 2 aromatic carbocycles. The number of fused-ring (bicyclic) bond motifs is 1. The van der Waals surface area contributed by atoms with Gasteiger partial charge in [-0.25, -0.2) is 9.59 Å². The second-order valence-electron chi connectivity index (χ2n) is 6.92. The minimum absolute atomic E-state index is 0.164. The summed E-state index contributed by atoms with van der Waals surface area (Å²) in [5.74, 6) is -1.40. The Hall–Kier alpha value is -2.60. The van der Waals surface area contributed by atoms with E-state index in [0.717, 1.165) is 16.3 Å². The highest BCUT2D eigenvalue weighted by Crippen LogP contribution is 2.18. The molecule has 0 unspecified atom stereocenters. The van der Waals surface area contributed by atoms with Gasteiger partial charge in [0.15, 0.2) is 6.10 Å². The number of rotatable bonds is 5. The molecule has 0 saturated carbocycles. The molecule has 6 heteroatoms. The number of hydrogen-bond acceptors (Lipinski definition) is 4. The molecule has 2 aromatic rings. The van der Waals surface area contributed by atoms with Crippen LogP contribution >= 0.6 is 0 Å². The van der Waals surface area contributed by atoms with Gasteiger partial charge in [0.1, 0.15) is 5.60 Å². The molecule has 3 N–H and O–H groups in total. The van der Waals surface area contributed by atoms with Crippen LogP contribution in [0.5, 0.6) is 0 Å². The summed E-state index contributed by atoms with van der Waals surface area (Å²) < 4.78 is 5.15. The molecule has 1 amide bonds. The molecule has 6 nitrogen and oxygen atoms in total. The molecular formula is C19H23NO5. The van der Waals surface area contributed by atoms with Crippen molar-refractivity contribution in [2.45, 2.75) is 44.9 Å². The SMILES string of the molecule is CC(C)(C)OC(=O)N[C@H](Cc1ccc2ccccc2c1)[C@@H](O)C(=O)O. The summed E-state index contributed by atoms with van der Waals surface area (Å²) in [7, 11) is 0. The van der Waals surface area contributed by atoms with Crippen molar-refractivity contribution in [2.24, 2.45) is 0 Å². The van der Waals surface area contributed by atoms with Crippen molar-refractivity contribution in [1.82, 2.24) is 5.32 Å². The lowest BCUT2D eigenvalue weighted by molar-refractivity contribution is -0.148. The summed E-state index contributed by atoms with van der Waals surface area (Å²) in [6.45, 7) is 5.12. The van der Waals surface area contributed by atoms with E-state index in [0.29, 0.717) is 0 Å². The third-order valence-corrected chi connectivity index (χ3v) is 3.61. The summed E-state index contributed by atoms with van der Waals surface area (Å²) in [4.78, 5) is 23.1. The lowest BCUT2D eigenvalue weighted by atomic mass is 9.98. The maximum absolute atomic E-state index is 12.0. The minimum Gasteiger partial charge on any atom is -0.479 e. The van der Waals surface area contributed by atoms with Crippen molar-refractivity contribution >= 4 is 22.8 Å². The molecule has 0 radical (unpaired) electrons. The van der Waals surface area contributed by atoms with E-state index in [9.17, 15) is 14.7 Å². The number of aliphatic hydroxyl groups is 1. The molecule has 0 fully saturated rings. The van der Waals surface area contributed by atoms with Gasteiger partial charge in [-0.15, -0.1) is 0 Å². The highest BCUT2D eigenvalue weighted by atomic mass is 16.6. The maximum atomic E-state index is 12.0. The van der Waals surface area contributed by atoms with Gasteiger partial charge in [-0.2, -0.15) is 0 Å². The van der Waals surface area contributed by atoms with Crippen LogP contribution in [0.15, 0.2) is 42.5 Å². The topological polar surface area (TPSA) is 95.9 Å². The Balaban J connectivity index is 2.19. The van der Waals surface area contributed by atoms with Crippen LogP contribution in [0.4, 0.5) is 4.79 Å². The zero-order chi connectivity index (χ0) is 18.6. The normalized spacial score (nSPS) is 13.9. The van der Waals surface area contributed by atoms with Crippen molar-refractivity contribution in [3.63, 3.8) is 0 Å². The van der Waals surface area contributed by atoms with E-state index >= 15 is 0 Å². The summed E-state index contributed by atoms with van der Waals surface area (Å²) in [6.07, 6.45) is -2.34. The van der Waals surface area contributed by atoms with Gasteiger partial charge in [0.2, 0.25) is 0 Å². The van der Waals surface area contributed by atoms with Gasteiger partial charge >= 0.3 is 12.1 Å². The summed E-state index contributed by atoms with van der Waals surface area (Å²) >= 11 is 0. The van der Waals surface area contributed by atoms with Crippen molar-refractivity contribution in [3.05, 3.63) is 48.0 Å². The first-order valence-electron chi connectivity index (χ1n) is 8.04. The molecule has 0 aliphatic rings. The number of benzene rings is 2. The largest absolute Gasteiger partial charge is 0.479 e. The number of carbonyl (C=O) groups excluding carboxylic acids is 1. The van der Waals surface area contributed by atoms with Crippen molar-refractivity contribution in [3.8, 4) is 0 Å². The number of nitrogens with one attached hydrogen (secondary N) is 1. The van der Waals surface area contributed by atoms with Crippen molar-refractivity contribution in [2.75, 3.05) is 0 Å². The molecule has 2 rings (SSSR count). The molecule has 134 valence electrons. The number of alkyl carbamates (subject to hydrolysis) is 1. The number of carboxylic acids is 1. The zero-order valence-electron chi connectivity index (χ0n) is 14.5. The maximum Gasteiger partial charge on any atom is 0.407 e. The predicted molar refractivity (Wildman–Crippen MR) is 94.5 cm³/mol. The Morgan fingerprint density at radius 2 is 1.76 bits per heavy atom. The Morgan fingerprint density at radius 3 is 2.36 bits per heavy atom. The summed E-state index contributed by atoms with van der Waals surface area (Å²) in [5, 5.41) is 23.6. The summed E-state index contributed by atoms with van der Waals surface area (Å²) in [6, 6.07) is 12.4. The molecule has 0 saturated heterocycles. The average molecular weight is 345 g/mol. The number of ether oxygens (including phenoxy) is 1. The number of amides is 1. The van der Waals surface area contributed by atoms with Gasteiger partial charge in [0.05, 0.1) is 6.04 Å². The molecule has 0 aromatic heterocycles. The van der Waals surface area contributed by atoms with Gasteiger partial charge in [0.25, 0.3) is 0 Å². The van der Waals surface area contributed by atoms with Gasteiger partial charge in [0, 0.05) is 0 Å². The quantitative estimate of drug-likeness (QED) is 0.774. The van der Waals surface area contributed by atoms with E-state index in [1.54, 1.807) is 20.8 Å². The van der Waals surface area contributed by atoms with E-state index in [-0.39, 0.29) is 6.42 Å². The Kier molecular flexibility index (Phi) is 5.64. The monoisotopic (exact) mass is 345 g/mol. The van der Waals surface area contributed by atoms with Crippen LogP contribution in [-0.2, 0) is 16.0 Å². The van der Waals surface area contributed by atoms with E-state index < -0.39 is 29.8 Å². The fourth-order valence-electron chi connectivity index (χ4n) is 2.49. The Labute approximate surface area is 146 Å². The zero-order valence-corrected chi connectivity index (χ0v) is 14.5. The molecule has 0 spiro atoms. The lowest BCUT2D eigenvalue weighted by Gasteiger charge is -2.25. The number of aliphatic carboxylic acids is 1. The average Bonchev–Trinajstić information content (AvgIpc) is 2.51. The first kappa shape index (κ1) is 18.7. The van der Waals surface area contributed by atoms with Crippen LogP contribution in [0.3, 0.4) is 0 Å². The number of carboxylic acid groups (broad SMARTS) is 1. The molecule has 0 bridgehead atoms. The predicted octanol–water partition coefficient (Wildman–Crippen LogP) is 2.72. The second kappa shape index (κ2) is 7.53. The lowest BCUT2D eigenvalue weighted by Crippen LogP contribution is -2.49. The third-order valence-electron chi connectivity index (χ3n) is 3.61. The van der Waals surface area contributed by atoms with Crippen LogP contribution in [-0.4, -0.2) is 40.0 Å². The first-order chi connectivity index (χ1) is 11.7. The van der Waals surface area contributed by atoms with E-state index in [2.05, 4.69) is 5.32 Å². The van der Waals surface area contributed by atoms with Crippen molar-refractivity contribution in [1.29, 1.82) is 0 Å². The number of hydrogen-bond donors (Lipinski definition) is 3. The van der Waals surface area contributed by atoms with Crippen LogP contribution in [0.25, 0.3) is 10.8 Å². The molecule has 2 atom stereocenters. The number of carbonyl (C=O) groups is 2. The molecule has 0 aliphatic carbocycles. The Bertz CT molecular complexity index is 766. The smallest absolute Gasteiger partial charge is 0.407 e. The minimum atomic E-state index is -1.74. The highest BCUT2D eigenvalue weighted by molar-refractivity contribution is 5.83. The fraction of sp³-hybridized carbons (Fsp3) is 0.368. The van der Waals surface area contributed by atoms with Crippen LogP contribution in [0.2, 0.25) is 0 Å². The molecule has 0 heterocycles. The summed E-state index contributed by atoms with van der Waals surface area (Å²) in [5.41, 5.74) is 0.0891. The van der Waals surface area contributed by atoms with Crippen LogP contribution in [0.1, 0.15) is 26.3 Å². The van der Waals surface area contributed by atoms with Crippen LogP contribution < -0.4 is 5.32 Å². The van der Waals surface area contributed by atoms with Gasteiger partial charge in [-0.1, -0.05) is 42.5 Å². The van der Waals surface area contributed by atoms with Crippen LogP contribution in [0, 0.1) is 0 Å². The highest BCUT2D eigenvalue weighted by Gasteiger charge is 2.29. The molecular weight excluding hydrogens is 322 g/mol. The van der Waals surface area contributed by atoms with Gasteiger partial charge < -0.3 is 20.3 Å². The standard InChI is InChI=1S/C19H23NO5/c1-19(2,3)25-18(24)20-15(16(21)17(22)23)11-12-8-9-13-6-4-5-7-14(13)10-12/h4-10,15-16,21H,11H2,1-3H3,(H,20,24)(H,22,23)/t15-,16-/m1/s1. The third kappa shape index (κ3) is 5.46. The molecule has 0 aliphatic heterocycles. The number of aliphatic hydroxyl groups excluding tert-OH is 1. The second-order valence-corrected chi connectivity index (χ2v) is 6.92. The van der Waals surface area contributed by atoms with Gasteiger partial charge in [-0.3, -0.25) is 0 Å². The van der Waals surface area contributed by atoms with Gasteiger partial charge in [-0.05, 0) is 43.5 Å². The van der Waals surface area contributed by atoms with E-state index in [1.165, 1.54) is 0 Å². The van der Waals surface area contributed by atoms with E-state index in [4.69, 9.17) is 9.84 Å². The Morgan fingerprint density at radius 1 is 1.12 bits per heavy atom.